The third-order valence-electron chi connectivity index (χ3n) is 4.24. The number of nitriles is 1. The third-order valence-corrected chi connectivity index (χ3v) is 4.74. The van der Waals surface area contributed by atoms with Crippen LogP contribution in [0.15, 0.2) is 72.3 Å². The van der Waals surface area contributed by atoms with Crippen LogP contribution >= 0.6 is 23.2 Å². The van der Waals surface area contributed by atoms with Gasteiger partial charge in [0.1, 0.15) is 24.0 Å². The van der Waals surface area contributed by atoms with Gasteiger partial charge in [-0.25, -0.2) is 0 Å². The van der Waals surface area contributed by atoms with Crippen molar-refractivity contribution in [3.63, 3.8) is 0 Å². The van der Waals surface area contributed by atoms with E-state index < -0.39 is 5.91 Å². The summed E-state index contributed by atoms with van der Waals surface area (Å²) in [5.41, 5.74) is 3.04. The second-order valence-electron chi connectivity index (χ2n) is 6.57. The molecule has 0 aliphatic carbocycles. The number of carbonyl (C=O) groups excluding carboxylic acids is 1. The van der Waals surface area contributed by atoms with E-state index in [0.29, 0.717) is 27.0 Å². The minimum Gasteiger partial charge on any atom is -0.487 e. The molecule has 0 saturated carbocycles. The summed E-state index contributed by atoms with van der Waals surface area (Å²) in [5, 5.41) is 12.9. The van der Waals surface area contributed by atoms with Crippen molar-refractivity contribution < 1.29 is 9.53 Å². The van der Waals surface area contributed by atoms with Crippen LogP contribution in [0.3, 0.4) is 0 Å². The van der Waals surface area contributed by atoms with Crippen LogP contribution < -0.4 is 10.1 Å². The number of nitrogens with one attached hydrogen (secondary N) is 1. The summed E-state index contributed by atoms with van der Waals surface area (Å²) < 4.78 is 5.92. The molecular weight excluding hydrogens is 419 g/mol. The van der Waals surface area contributed by atoms with Gasteiger partial charge in [-0.1, -0.05) is 71.2 Å². The second kappa shape index (κ2) is 9.98. The van der Waals surface area contributed by atoms with E-state index >= 15 is 0 Å². The standard InChI is InChI=1S/C24H18Cl2N2O2/c1-16-7-9-17(10-8-16)15-30-23-18(12-20(25)13-22(23)26)11-19(14-27)24(29)28-21-5-3-2-4-6-21/h2-13H,15H2,1H3,(H,28,29)/b19-11+. The van der Waals surface area contributed by atoms with Gasteiger partial charge in [0.25, 0.3) is 5.91 Å². The maximum absolute atomic E-state index is 12.5. The topological polar surface area (TPSA) is 62.1 Å². The zero-order chi connectivity index (χ0) is 21.5. The van der Waals surface area contributed by atoms with Gasteiger partial charge in [-0.3, -0.25) is 4.79 Å². The Labute approximate surface area is 185 Å². The number of rotatable bonds is 6. The van der Waals surface area contributed by atoms with Crippen molar-refractivity contribution in [2.45, 2.75) is 13.5 Å². The highest BCUT2D eigenvalue weighted by molar-refractivity contribution is 6.36. The van der Waals surface area contributed by atoms with Crippen molar-refractivity contribution in [1.29, 1.82) is 5.26 Å². The molecule has 3 aromatic rings. The van der Waals surface area contributed by atoms with E-state index in [-0.39, 0.29) is 12.2 Å². The smallest absolute Gasteiger partial charge is 0.266 e. The number of anilines is 1. The Kier molecular flexibility index (Phi) is 7.13. The van der Waals surface area contributed by atoms with Gasteiger partial charge in [0.2, 0.25) is 0 Å². The maximum atomic E-state index is 12.5. The number of carbonyl (C=O) groups is 1. The number of amides is 1. The Bertz CT molecular complexity index is 1120. The molecular formula is C24H18Cl2N2O2. The summed E-state index contributed by atoms with van der Waals surface area (Å²) in [5.74, 6) is -0.189. The van der Waals surface area contributed by atoms with Gasteiger partial charge in [0, 0.05) is 16.3 Å². The fourth-order valence-corrected chi connectivity index (χ4v) is 3.27. The molecule has 0 heterocycles. The normalized spacial score (nSPS) is 10.9. The largest absolute Gasteiger partial charge is 0.487 e. The van der Waals surface area contributed by atoms with Gasteiger partial charge in [0.05, 0.1) is 5.02 Å². The highest BCUT2D eigenvalue weighted by Crippen LogP contribution is 2.34. The molecule has 3 aromatic carbocycles. The fraction of sp³-hybridized carbons (Fsp3) is 0.0833. The first-order chi connectivity index (χ1) is 14.5. The quantitative estimate of drug-likeness (QED) is 0.357. The summed E-state index contributed by atoms with van der Waals surface area (Å²) >= 11 is 12.5. The highest BCUT2D eigenvalue weighted by Gasteiger charge is 2.15. The minimum absolute atomic E-state index is 0.0997. The number of aryl methyl sites for hydroxylation is 1. The van der Waals surface area contributed by atoms with Crippen LogP contribution in [0.4, 0.5) is 5.69 Å². The number of hydrogen-bond donors (Lipinski definition) is 1. The second-order valence-corrected chi connectivity index (χ2v) is 7.41. The SMILES string of the molecule is Cc1ccc(COc2c(Cl)cc(Cl)cc2/C=C(\C#N)C(=O)Nc2ccccc2)cc1. The van der Waals surface area contributed by atoms with E-state index in [2.05, 4.69) is 5.32 Å². The van der Waals surface area contributed by atoms with Gasteiger partial charge >= 0.3 is 0 Å². The monoisotopic (exact) mass is 436 g/mol. The molecule has 0 saturated heterocycles. The fourth-order valence-electron chi connectivity index (χ4n) is 2.70. The molecule has 4 nitrogen and oxygen atoms in total. The van der Waals surface area contributed by atoms with Crippen molar-refractivity contribution in [1.82, 2.24) is 0 Å². The lowest BCUT2D eigenvalue weighted by Crippen LogP contribution is -2.13. The Hall–Kier alpha value is -3.26. The number of nitrogens with zero attached hydrogens (tertiary/aromatic N) is 1. The Morgan fingerprint density at radius 3 is 2.47 bits per heavy atom. The Balaban J connectivity index is 1.88. The first-order valence-corrected chi connectivity index (χ1v) is 9.87. The molecule has 1 N–H and O–H groups in total. The van der Waals surface area contributed by atoms with E-state index in [9.17, 15) is 10.1 Å². The van der Waals surface area contributed by atoms with Crippen LogP contribution in [0.5, 0.6) is 5.75 Å². The predicted octanol–water partition coefficient (Wildman–Crippen LogP) is 6.43. The molecule has 0 atom stereocenters. The number of halogens is 2. The zero-order valence-electron chi connectivity index (χ0n) is 16.2. The van der Waals surface area contributed by atoms with Crippen molar-refractivity contribution in [3.8, 4) is 11.8 Å². The lowest BCUT2D eigenvalue weighted by Gasteiger charge is -2.13. The summed E-state index contributed by atoms with van der Waals surface area (Å²) in [6.07, 6.45) is 1.42. The summed E-state index contributed by atoms with van der Waals surface area (Å²) in [7, 11) is 0. The van der Waals surface area contributed by atoms with Crippen LogP contribution in [0.25, 0.3) is 6.08 Å². The van der Waals surface area contributed by atoms with Gasteiger partial charge in [-0.2, -0.15) is 5.26 Å². The lowest BCUT2D eigenvalue weighted by atomic mass is 10.1. The van der Waals surface area contributed by atoms with Crippen LogP contribution in [0.1, 0.15) is 16.7 Å². The molecule has 0 aliphatic heterocycles. The van der Waals surface area contributed by atoms with Crippen molar-refractivity contribution in [3.05, 3.63) is 99.0 Å². The molecule has 0 radical (unpaired) electrons. The van der Waals surface area contributed by atoms with Gasteiger partial charge in [-0.05, 0) is 42.8 Å². The summed E-state index contributed by atoms with van der Waals surface area (Å²) in [6.45, 7) is 2.29. The number of benzene rings is 3. The molecule has 0 aromatic heterocycles. The van der Waals surface area contributed by atoms with E-state index in [4.69, 9.17) is 27.9 Å². The van der Waals surface area contributed by atoms with E-state index in [0.717, 1.165) is 11.1 Å². The van der Waals surface area contributed by atoms with Crippen LogP contribution in [-0.4, -0.2) is 5.91 Å². The Morgan fingerprint density at radius 1 is 1.10 bits per heavy atom. The molecule has 0 unspecified atom stereocenters. The molecule has 30 heavy (non-hydrogen) atoms. The first-order valence-electron chi connectivity index (χ1n) is 9.12. The molecule has 150 valence electrons. The molecule has 6 heteroatoms. The van der Waals surface area contributed by atoms with Crippen LogP contribution in [0, 0.1) is 18.3 Å². The molecule has 1 amide bonds. The molecule has 0 spiro atoms. The summed E-state index contributed by atoms with van der Waals surface area (Å²) in [4.78, 5) is 12.5. The lowest BCUT2D eigenvalue weighted by molar-refractivity contribution is -0.112. The van der Waals surface area contributed by atoms with E-state index in [1.807, 2.05) is 43.3 Å². The Morgan fingerprint density at radius 2 is 1.80 bits per heavy atom. The van der Waals surface area contributed by atoms with Crippen molar-refractivity contribution in [2.75, 3.05) is 5.32 Å². The number of ether oxygens (including phenoxy) is 1. The molecule has 0 aliphatic rings. The van der Waals surface area contributed by atoms with Crippen LogP contribution in [-0.2, 0) is 11.4 Å². The maximum Gasteiger partial charge on any atom is 0.266 e. The third kappa shape index (κ3) is 5.64. The molecule has 0 fully saturated rings. The molecule has 3 rings (SSSR count). The van der Waals surface area contributed by atoms with E-state index in [1.165, 1.54) is 6.08 Å². The number of hydrogen-bond acceptors (Lipinski definition) is 3. The molecule has 0 bridgehead atoms. The van der Waals surface area contributed by atoms with Crippen molar-refractivity contribution >= 4 is 40.9 Å². The van der Waals surface area contributed by atoms with Crippen molar-refractivity contribution in [2.24, 2.45) is 0 Å². The van der Waals surface area contributed by atoms with E-state index in [1.54, 1.807) is 36.4 Å². The van der Waals surface area contributed by atoms with Gasteiger partial charge in [0.15, 0.2) is 0 Å². The number of para-hydroxylation sites is 1. The minimum atomic E-state index is -0.538. The van der Waals surface area contributed by atoms with Gasteiger partial charge in [-0.15, -0.1) is 0 Å². The van der Waals surface area contributed by atoms with Crippen LogP contribution in [0.2, 0.25) is 10.0 Å². The predicted molar refractivity (Wildman–Crippen MR) is 121 cm³/mol. The summed E-state index contributed by atoms with van der Waals surface area (Å²) in [6, 6.07) is 21.9. The average molecular weight is 437 g/mol. The highest BCUT2D eigenvalue weighted by atomic mass is 35.5. The first kappa shape index (κ1) is 21.4. The zero-order valence-corrected chi connectivity index (χ0v) is 17.7. The van der Waals surface area contributed by atoms with Gasteiger partial charge < -0.3 is 10.1 Å². The average Bonchev–Trinajstić information content (AvgIpc) is 2.73.